The van der Waals surface area contributed by atoms with Crippen molar-refractivity contribution in [2.45, 2.75) is 0 Å². The highest BCUT2D eigenvalue weighted by Gasteiger charge is 2.20. The van der Waals surface area contributed by atoms with E-state index < -0.39 is 0 Å². The largest absolute Gasteiger partial charge is 0.236 e. The normalized spacial score (nSPS) is 11.4. The molecule has 8 rings (SSSR count). The molecule has 0 aliphatic carbocycles. The second-order valence-corrected chi connectivity index (χ2v) is 10.9. The molecule has 2 heterocycles. The monoisotopic (exact) mass is 542 g/mol. The van der Waals surface area contributed by atoms with Gasteiger partial charge in [0.15, 0.2) is 17.5 Å². The van der Waals surface area contributed by atoms with E-state index in [1.807, 2.05) is 48.5 Å². The standard InChI is InChI=1S/C36H22N4S/c1-3-12-24(13-4-1)33-38-34(28-20-19-23-11-7-8-16-26(23)21-28)40-35(39-33)31-29-18-10-9-17-27(29)22-30-32(31)41-36(37-30)25-14-5-2-6-15-25/h1-22H. The summed E-state index contributed by atoms with van der Waals surface area (Å²) in [7, 11) is 0. The highest BCUT2D eigenvalue weighted by molar-refractivity contribution is 7.22. The molecule has 192 valence electrons. The Bertz CT molecular complexity index is 2210. The van der Waals surface area contributed by atoms with Gasteiger partial charge in [0, 0.05) is 22.3 Å². The predicted octanol–water partition coefficient (Wildman–Crippen LogP) is 9.46. The second-order valence-electron chi connectivity index (χ2n) is 9.94. The van der Waals surface area contributed by atoms with Crippen molar-refractivity contribution in [3.63, 3.8) is 0 Å². The van der Waals surface area contributed by atoms with E-state index >= 15 is 0 Å². The van der Waals surface area contributed by atoms with Gasteiger partial charge in [-0.2, -0.15) is 0 Å². The predicted molar refractivity (Wildman–Crippen MR) is 170 cm³/mol. The van der Waals surface area contributed by atoms with Crippen molar-refractivity contribution < 1.29 is 0 Å². The molecule has 41 heavy (non-hydrogen) atoms. The van der Waals surface area contributed by atoms with Gasteiger partial charge in [-0.25, -0.2) is 19.9 Å². The summed E-state index contributed by atoms with van der Waals surface area (Å²) in [6, 6.07) is 45.8. The van der Waals surface area contributed by atoms with Crippen molar-refractivity contribution in [2.75, 3.05) is 0 Å². The van der Waals surface area contributed by atoms with Gasteiger partial charge in [-0.05, 0) is 33.7 Å². The number of aromatic nitrogens is 4. The van der Waals surface area contributed by atoms with Gasteiger partial charge in [-0.3, -0.25) is 0 Å². The van der Waals surface area contributed by atoms with Gasteiger partial charge in [-0.15, -0.1) is 11.3 Å². The zero-order valence-corrected chi connectivity index (χ0v) is 22.7. The molecule has 0 saturated heterocycles. The van der Waals surface area contributed by atoms with Crippen LogP contribution >= 0.6 is 11.3 Å². The average Bonchev–Trinajstić information content (AvgIpc) is 3.47. The van der Waals surface area contributed by atoms with Crippen molar-refractivity contribution in [1.82, 2.24) is 19.9 Å². The SMILES string of the molecule is c1ccc(-c2nc(-c3ccc4ccccc4c3)nc(-c3c4ccccc4cc4nc(-c5ccccc5)sc34)n2)cc1. The molecule has 0 bridgehead atoms. The minimum absolute atomic E-state index is 0.645. The third-order valence-electron chi connectivity index (χ3n) is 7.32. The lowest BCUT2D eigenvalue weighted by atomic mass is 10.0. The molecule has 0 fully saturated rings. The summed E-state index contributed by atoms with van der Waals surface area (Å²) in [5, 5.41) is 5.51. The summed E-state index contributed by atoms with van der Waals surface area (Å²) < 4.78 is 1.07. The number of thiazole rings is 1. The Morgan fingerprint density at radius 1 is 0.415 bits per heavy atom. The van der Waals surface area contributed by atoms with E-state index in [4.69, 9.17) is 19.9 Å². The van der Waals surface area contributed by atoms with Crippen molar-refractivity contribution in [3.8, 4) is 44.7 Å². The van der Waals surface area contributed by atoms with E-state index in [0.29, 0.717) is 17.5 Å². The number of nitrogens with zero attached hydrogens (tertiary/aromatic N) is 4. The number of fused-ring (bicyclic) bond motifs is 3. The van der Waals surface area contributed by atoms with Crippen molar-refractivity contribution in [1.29, 1.82) is 0 Å². The van der Waals surface area contributed by atoms with Gasteiger partial charge in [0.2, 0.25) is 0 Å². The third kappa shape index (κ3) is 4.24. The Morgan fingerprint density at radius 2 is 1.02 bits per heavy atom. The first kappa shape index (κ1) is 23.6. The molecule has 6 aromatic carbocycles. The fraction of sp³-hybridized carbons (Fsp3) is 0. The molecular weight excluding hydrogens is 520 g/mol. The van der Waals surface area contributed by atoms with Crippen LogP contribution in [0.25, 0.3) is 76.5 Å². The minimum atomic E-state index is 0.645. The molecule has 2 aromatic heterocycles. The Labute approximate surface area is 240 Å². The van der Waals surface area contributed by atoms with E-state index in [2.05, 4.69) is 84.9 Å². The lowest BCUT2D eigenvalue weighted by molar-refractivity contribution is 1.08. The van der Waals surface area contributed by atoms with E-state index in [1.54, 1.807) is 11.3 Å². The van der Waals surface area contributed by atoms with Gasteiger partial charge in [0.05, 0.1) is 10.2 Å². The maximum absolute atomic E-state index is 5.15. The van der Waals surface area contributed by atoms with Crippen LogP contribution in [0.15, 0.2) is 133 Å². The molecule has 0 unspecified atom stereocenters. The fourth-order valence-electron chi connectivity index (χ4n) is 5.32. The summed E-state index contributed by atoms with van der Waals surface area (Å²) in [5.74, 6) is 1.94. The van der Waals surface area contributed by atoms with Gasteiger partial charge in [-0.1, -0.05) is 121 Å². The van der Waals surface area contributed by atoms with E-state index in [-0.39, 0.29) is 0 Å². The first-order valence-electron chi connectivity index (χ1n) is 13.5. The Hall–Kier alpha value is -5.26. The average molecular weight is 543 g/mol. The maximum atomic E-state index is 5.15. The van der Waals surface area contributed by atoms with Crippen LogP contribution in [0.4, 0.5) is 0 Å². The topological polar surface area (TPSA) is 51.6 Å². The molecule has 0 spiro atoms. The highest BCUT2D eigenvalue weighted by Crippen LogP contribution is 2.41. The molecule has 0 radical (unpaired) electrons. The van der Waals surface area contributed by atoms with Crippen LogP contribution in [-0.2, 0) is 0 Å². The molecule has 0 amide bonds. The number of rotatable bonds is 4. The molecule has 0 aliphatic heterocycles. The van der Waals surface area contributed by atoms with E-state index in [0.717, 1.165) is 53.6 Å². The lowest BCUT2D eigenvalue weighted by Crippen LogP contribution is -2.00. The van der Waals surface area contributed by atoms with Crippen molar-refractivity contribution in [3.05, 3.63) is 133 Å². The molecular formula is C36H22N4S. The van der Waals surface area contributed by atoms with Gasteiger partial charge in [0.25, 0.3) is 0 Å². The van der Waals surface area contributed by atoms with Gasteiger partial charge >= 0.3 is 0 Å². The zero-order chi connectivity index (χ0) is 27.2. The number of hydrogen-bond donors (Lipinski definition) is 0. The summed E-state index contributed by atoms with van der Waals surface area (Å²) >= 11 is 1.68. The van der Waals surface area contributed by atoms with Crippen LogP contribution < -0.4 is 0 Å². The second kappa shape index (κ2) is 9.73. The van der Waals surface area contributed by atoms with Crippen LogP contribution in [0.3, 0.4) is 0 Å². The molecule has 8 aromatic rings. The Balaban J connectivity index is 1.43. The van der Waals surface area contributed by atoms with Gasteiger partial charge in [0.1, 0.15) is 5.01 Å². The van der Waals surface area contributed by atoms with Gasteiger partial charge < -0.3 is 0 Å². The minimum Gasteiger partial charge on any atom is -0.236 e. The summed E-state index contributed by atoms with van der Waals surface area (Å²) in [5.41, 5.74) is 4.93. The fourth-order valence-corrected chi connectivity index (χ4v) is 6.42. The third-order valence-corrected chi connectivity index (χ3v) is 8.46. The quantitative estimate of drug-likeness (QED) is 0.222. The molecule has 0 N–H and O–H groups in total. The molecule has 0 atom stereocenters. The van der Waals surface area contributed by atoms with Crippen LogP contribution in [0.1, 0.15) is 0 Å². The van der Waals surface area contributed by atoms with Crippen molar-refractivity contribution >= 4 is 43.1 Å². The molecule has 5 heteroatoms. The lowest BCUT2D eigenvalue weighted by Gasteiger charge is -2.11. The zero-order valence-electron chi connectivity index (χ0n) is 21.9. The first-order valence-corrected chi connectivity index (χ1v) is 14.3. The van der Waals surface area contributed by atoms with E-state index in [9.17, 15) is 0 Å². The highest BCUT2D eigenvalue weighted by atomic mass is 32.1. The van der Waals surface area contributed by atoms with E-state index in [1.165, 1.54) is 5.39 Å². The molecule has 0 aliphatic rings. The summed E-state index contributed by atoms with van der Waals surface area (Å²) in [6.45, 7) is 0. The van der Waals surface area contributed by atoms with Crippen molar-refractivity contribution in [2.24, 2.45) is 0 Å². The van der Waals surface area contributed by atoms with Crippen LogP contribution in [0, 0.1) is 0 Å². The van der Waals surface area contributed by atoms with Crippen LogP contribution in [0.2, 0.25) is 0 Å². The smallest absolute Gasteiger partial charge is 0.166 e. The molecule has 4 nitrogen and oxygen atoms in total. The number of benzene rings is 6. The first-order chi connectivity index (χ1) is 20.3. The number of hydrogen-bond acceptors (Lipinski definition) is 5. The van der Waals surface area contributed by atoms with Crippen LogP contribution in [0.5, 0.6) is 0 Å². The summed E-state index contributed by atoms with van der Waals surface area (Å²) in [6.07, 6.45) is 0. The molecule has 0 saturated carbocycles. The maximum Gasteiger partial charge on any atom is 0.166 e. The Kier molecular flexibility index (Phi) is 5.61. The Morgan fingerprint density at radius 3 is 1.80 bits per heavy atom. The van der Waals surface area contributed by atoms with Crippen LogP contribution in [-0.4, -0.2) is 19.9 Å². The summed E-state index contributed by atoms with van der Waals surface area (Å²) in [4.78, 5) is 20.3.